The highest BCUT2D eigenvalue weighted by atomic mass is 19.3. The minimum absolute atomic E-state index is 0.0477. The molecule has 18 heavy (non-hydrogen) atoms. The van der Waals surface area contributed by atoms with E-state index in [1.54, 1.807) is 19.0 Å². The molecule has 7 heteroatoms. The molecule has 0 atom stereocenters. The van der Waals surface area contributed by atoms with Gasteiger partial charge in [0.1, 0.15) is 11.4 Å². The Bertz CT molecular complexity index is 423. The SMILES string of the molecule is CN(C)/C=C/c1c(OC(F)F)cccc1[NH+]([O-])[O-]. The Balaban J connectivity index is 3.20. The fourth-order valence-corrected chi connectivity index (χ4v) is 1.32. The second-order valence-electron chi connectivity index (χ2n) is 3.66. The third-order valence-electron chi connectivity index (χ3n) is 2.04. The lowest BCUT2D eigenvalue weighted by Crippen LogP contribution is -2.96. The van der Waals surface area contributed by atoms with E-state index < -0.39 is 11.8 Å². The molecule has 0 aliphatic rings. The molecular formula is C11H13F2N2O3-. The minimum atomic E-state index is -3.02. The molecule has 0 aliphatic heterocycles. The Morgan fingerprint density at radius 1 is 1.33 bits per heavy atom. The van der Waals surface area contributed by atoms with E-state index in [9.17, 15) is 19.2 Å². The zero-order valence-electron chi connectivity index (χ0n) is 9.89. The molecule has 1 aromatic carbocycles. The maximum atomic E-state index is 12.2. The van der Waals surface area contributed by atoms with Crippen LogP contribution in [0.15, 0.2) is 24.4 Å². The van der Waals surface area contributed by atoms with Crippen molar-refractivity contribution in [3.05, 3.63) is 40.4 Å². The van der Waals surface area contributed by atoms with Gasteiger partial charge in [-0.15, -0.1) is 0 Å². The van der Waals surface area contributed by atoms with E-state index in [0.29, 0.717) is 0 Å². The van der Waals surface area contributed by atoms with Crippen molar-refractivity contribution in [1.29, 1.82) is 0 Å². The summed E-state index contributed by atoms with van der Waals surface area (Å²) in [6.45, 7) is -3.02. The first kappa shape index (κ1) is 14.4. The van der Waals surface area contributed by atoms with Gasteiger partial charge in [-0.1, -0.05) is 6.07 Å². The van der Waals surface area contributed by atoms with Crippen LogP contribution in [0.3, 0.4) is 0 Å². The fourth-order valence-electron chi connectivity index (χ4n) is 1.32. The van der Waals surface area contributed by atoms with Crippen LogP contribution in [-0.2, 0) is 0 Å². The quantitative estimate of drug-likeness (QED) is 0.810. The molecule has 0 aliphatic carbocycles. The van der Waals surface area contributed by atoms with Gasteiger partial charge in [-0.3, -0.25) is 0 Å². The van der Waals surface area contributed by atoms with Gasteiger partial charge in [-0.25, -0.2) is 0 Å². The summed E-state index contributed by atoms with van der Waals surface area (Å²) in [5.74, 6) is -0.204. The lowest BCUT2D eigenvalue weighted by Gasteiger charge is -2.27. The zero-order valence-corrected chi connectivity index (χ0v) is 9.89. The van der Waals surface area contributed by atoms with Crippen LogP contribution in [0.1, 0.15) is 5.56 Å². The number of hydrogen-bond acceptors (Lipinski definition) is 4. The molecule has 0 saturated carbocycles. The normalized spacial score (nSPS) is 11.6. The second kappa shape index (κ2) is 6.29. The molecule has 1 aromatic rings. The minimum Gasteiger partial charge on any atom is -0.628 e. The molecule has 0 unspecified atom stereocenters. The van der Waals surface area contributed by atoms with Gasteiger partial charge in [0.2, 0.25) is 0 Å². The highest BCUT2D eigenvalue weighted by Gasteiger charge is 2.13. The molecule has 5 nitrogen and oxygen atoms in total. The molecular weight excluding hydrogens is 246 g/mol. The highest BCUT2D eigenvalue weighted by Crippen LogP contribution is 2.27. The predicted octanol–water partition coefficient (Wildman–Crippen LogP) is 1.33. The van der Waals surface area contributed by atoms with Gasteiger partial charge in [0, 0.05) is 20.2 Å². The third-order valence-corrected chi connectivity index (χ3v) is 2.04. The van der Waals surface area contributed by atoms with E-state index in [4.69, 9.17) is 0 Å². The van der Waals surface area contributed by atoms with Crippen LogP contribution in [-0.4, -0.2) is 25.6 Å². The molecule has 0 fully saturated rings. The largest absolute Gasteiger partial charge is 0.628 e. The van der Waals surface area contributed by atoms with Crippen LogP contribution < -0.4 is 9.96 Å². The summed E-state index contributed by atoms with van der Waals surface area (Å²) < 4.78 is 28.7. The third kappa shape index (κ3) is 3.95. The summed E-state index contributed by atoms with van der Waals surface area (Å²) in [5.41, 5.74) is -0.155. The van der Waals surface area contributed by atoms with Crippen LogP contribution in [0.25, 0.3) is 6.08 Å². The van der Waals surface area contributed by atoms with Gasteiger partial charge < -0.3 is 25.3 Å². The van der Waals surface area contributed by atoms with Crippen molar-refractivity contribution in [1.82, 2.24) is 4.90 Å². The number of ether oxygens (including phenoxy) is 1. The molecule has 0 spiro atoms. The van der Waals surface area contributed by atoms with Crippen molar-refractivity contribution in [3.8, 4) is 5.75 Å². The average Bonchev–Trinajstić information content (AvgIpc) is 2.25. The first-order valence-corrected chi connectivity index (χ1v) is 5.05. The van der Waals surface area contributed by atoms with E-state index in [0.717, 1.165) is 0 Å². The molecule has 1 rings (SSSR count). The number of hydrogen-bond donors (Lipinski definition) is 1. The zero-order chi connectivity index (χ0) is 13.7. The number of halogens is 2. The van der Waals surface area contributed by atoms with E-state index in [-0.39, 0.29) is 17.0 Å². The predicted molar refractivity (Wildman–Crippen MR) is 63.2 cm³/mol. The van der Waals surface area contributed by atoms with Gasteiger partial charge in [0.15, 0.2) is 0 Å². The van der Waals surface area contributed by atoms with Crippen LogP contribution in [0.5, 0.6) is 5.75 Å². The molecule has 0 radical (unpaired) electrons. The van der Waals surface area contributed by atoms with Gasteiger partial charge in [0.05, 0.1) is 5.56 Å². The van der Waals surface area contributed by atoms with E-state index in [1.807, 2.05) is 0 Å². The molecule has 0 aromatic heterocycles. The van der Waals surface area contributed by atoms with Gasteiger partial charge in [0.25, 0.3) is 0 Å². The molecule has 0 amide bonds. The van der Waals surface area contributed by atoms with E-state index in [1.165, 1.54) is 30.5 Å². The summed E-state index contributed by atoms with van der Waals surface area (Å²) in [4.78, 5) is 1.64. The summed E-state index contributed by atoms with van der Waals surface area (Å²) in [5, 5.41) is 20.4. The number of nitrogens with zero attached hydrogens (tertiary/aromatic N) is 1. The van der Waals surface area contributed by atoms with Gasteiger partial charge in [-0.05, 0) is 18.3 Å². The number of benzene rings is 1. The van der Waals surface area contributed by atoms with Crippen molar-refractivity contribution >= 4 is 11.8 Å². The van der Waals surface area contributed by atoms with Crippen LogP contribution in [0.2, 0.25) is 0 Å². The number of rotatable bonds is 5. The Morgan fingerprint density at radius 3 is 2.50 bits per heavy atom. The van der Waals surface area contributed by atoms with E-state index in [2.05, 4.69) is 4.74 Å². The first-order chi connectivity index (χ1) is 8.41. The molecule has 0 saturated heterocycles. The first-order valence-electron chi connectivity index (χ1n) is 5.05. The molecule has 100 valence electrons. The summed E-state index contributed by atoms with van der Waals surface area (Å²) >= 11 is 0. The van der Waals surface area contributed by atoms with Crippen LogP contribution in [0.4, 0.5) is 14.5 Å². The summed E-state index contributed by atoms with van der Waals surface area (Å²) in [6.07, 6.45) is 2.91. The lowest BCUT2D eigenvalue weighted by atomic mass is 10.1. The van der Waals surface area contributed by atoms with Crippen molar-refractivity contribution in [3.63, 3.8) is 0 Å². The smallest absolute Gasteiger partial charge is 0.387 e. The molecule has 0 heterocycles. The maximum Gasteiger partial charge on any atom is 0.387 e. The maximum absolute atomic E-state index is 12.2. The Morgan fingerprint density at radius 2 is 2.00 bits per heavy atom. The van der Waals surface area contributed by atoms with Crippen LogP contribution in [0, 0.1) is 10.4 Å². The Labute approximate surface area is 103 Å². The number of quaternary nitrogens is 1. The second-order valence-corrected chi connectivity index (χ2v) is 3.66. The molecule has 0 bridgehead atoms. The Hall–Kier alpha value is -1.70. The number of nitrogens with one attached hydrogen (secondary N) is 1. The van der Waals surface area contributed by atoms with Gasteiger partial charge in [-0.2, -0.15) is 8.78 Å². The van der Waals surface area contributed by atoms with E-state index >= 15 is 0 Å². The average molecular weight is 259 g/mol. The summed E-state index contributed by atoms with van der Waals surface area (Å²) in [6, 6.07) is 3.85. The highest BCUT2D eigenvalue weighted by molar-refractivity contribution is 5.67. The van der Waals surface area contributed by atoms with Crippen molar-refractivity contribution < 1.29 is 18.7 Å². The standard InChI is InChI=1S/C11H13F2N2O3/c1-14(2)7-6-8-9(15(16)17)4-3-5-10(8)18-11(12)13/h3-7,11,15H,1-2H3/q-1/b7-6+. The molecule has 1 N–H and O–H groups in total. The summed E-state index contributed by atoms with van der Waals surface area (Å²) in [7, 11) is 3.43. The topological polar surface area (TPSA) is 63.0 Å². The van der Waals surface area contributed by atoms with Crippen molar-refractivity contribution in [2.45, 2.75) is 6.61 Å². The number of alkyl halides is 2. The van der Waals surface area contributed by atoms with Crippen molar-refractivity contribution in [2.24, 2.45) is 0 Å². The monoisotopic (exact) mass is 259 g/mol. The fraction of sp³-hybridized carbons (Fsp3) is 0.273. The Kier molecular flexibility index (Phi) is 5.02. The van der Waals surface area contributed by atoms with Crippen molar-refractivity contribution in [2.75, 3.05) is 14.1 Å². The van der Waals surface area contributed by atoms with Crippen LogP contribution >= 0.6 is 0 Å². The van der Waals surface area contributed by atoms with Gasteiger partial charge >= 0.3 is 6.61 Å². The lowest BCUT2D eigenvalue weighted by molar-refractivity contribution is -0.715.